The zero-order chi connectivity index (χ0) is 17.1. The number of H-pyrrole nitrogens is 1. The van der Waals surface area contributed by atoms with E-state index in [2.05, 4.69) is 9.97 Å². The second-order valence-corrected chi connectivity index (χ2v) is 5.08. The molecule has 0 amide bonds. The summed E-state index contributed by atoms with van der Waals surface area (Å²) in [6, 6.07) is 11.0. The molecule has 24 heavy (non-hydrogen) atoms. The Morgan fingerprint density at radius 2 is 1.71 bits per heavy atom. The van der Waals surface area contributed by atoms with Gasteiger partial charge in [0.25, 0.3) is 0 Å². The van der Waals surface area contributed by atoms with E-state index in [4.69, 9.17) is 14.2 Å². The Morgan fingerprint density at radius 3 is 2.29 bits per heavy atom. The summed E-state index contributed by atoms with van der Waals surface area (Å²) in [5.74, 6) is 2.00. The first kappa shape index (κ1) is 15.7. The largest absolute Gasteiger partial charge is 0.507 e. The van der Waals surface area contributed by atoms with Crippen molar-refractivity contribution in [1.82, 2.24) is 9.97 Å². The number of rotatable bonds is 5. The third-order valence-electron chi connectivity index (χ3n) is 3.64. The van der Waals surface area contributed by atoms with Crippen molar-refractivity contribution in [3.63, 3.8) is 0 Å². The van der Waals surface area contributed by atoms with Crippen LogP contribution in [0.15, 0.2) is 36.4 Å². The number of aromatic amines is 1. The number of ether oxygens (including phenoxy) is 3. The number of benzene rings is 2. The van der Waals surface area contributed by atoms with Gasteiger partial charge in [-0.3, -0.25) is 0 Å². The number of hydrogen-bond acceptors (Lipinski definition) is 5. The number of methoxy groups -OCH3 is 3. The van der Waals surface area contributed by atoms with Gasteiger partial charge < -0.3 is 24.3 Å². The molecule has 124 valence electrons. The lowest BCUT2D eigenvalue weighted by atomic mass is 10.1. The monoisotopic (exact) mass is 326 g/mol. The van der Waals surface area contributed by atoms with Crippen molar-refractivity contribution in [1.29, 1.82) is 0 Å². The van der Waals surface area contributed by atoms with Crippen molar-refractivity contribution >= 4 is 22.9 Å². The fourth-order valence-corrected chi connectivity index (χ4v) is 2.48. The van der Waals surface area contributed by atoms with Crippen LogP contribution >= 0.6 is 0 Å². The number of para-hydroxylation sites is 2. The van der Waals surface area contributed by atoms with Crippen molar-refractivity contribution in [3.05, 3.63) is 47.8 Å². The first-order chi connectivity index (χ1) is 11.7. The molecule has 0 atom stereocenters. The second kappa shape index (κ2) is 6.54. The van der Waals surface area contributed by atoms with Gasteiger partial charge in [-0.2, -0.15) is 0 Å². The van der Waals surface area contributed by atoms with E-state index in [9.17, 15) is 5.11 Å². The maximum atomic E-state index is 10.5. The van der Waals surface area contributed by atoms with Crippen LogP contribution in [0.4, 0.5) is 0 Å². The molecule has 0 bridgehead atoms. The molecule has 0 aliphatic rings. The van der Waals surface area contributed by atoms with Crippen LogP contribution in [0.2, 0.25) is 0 Å². The Bertz CT molecular complexity index is 841. The number of hydrogen-bond donors (Lipinski definition) is 2. The minimum absolute atomic E-state index is 0.0355. The summed E-state index contributed by atoms with van der Waals surface area (Å²) in [6.45, 7) is 0. The predicted molar refractivity (Wildman–Crippen MR) is 92.7 cm³/mol. The Morgan fingerprint density at radius 1 is 1.04 bits per heavy atom. The second-order valence-electron chi connectivity index (χ2n) is 5.08. The highest BCUT2D eigenvalue weighted by molar-refractivity contribution is 5.81. The van der Waals surface area contributed by atoms with Crippen LogP contribution in [-0.2, 0) is 0 Å². The number of nitrogens with one attached hydrogen (secondary N) is 1. The number of nitrogens with zero attached hydrogens (tertiary/aromatic N) is 1. The molecular weight excluding hydrogens is 308 g/mol. The molecule has 6 nitrogen and oxygen atoms in total. The molecule has 3 aromatic rings. The van der Waals surface area contributed by atoms with Crippen LogP contribution < -0.4 is 14.2 Å². The van der Waals surface area contributed by atoms with Crippen LogP contribution in [-0.4, -0.2) is 36.4 Å². The van der Waals surface area contributed by atoms with E-state index in [-0.39, 0.29) is 5.76 Å². The lowest BCUT2D eigenvalue weighted by Crippen LogP contribution is -1.97. The molecular formula is C18H18N2O4. The van der Waals surface area contributed by atoms with Gasteiger partial charge in [-0.05, 0) is 24.3 Å². The lowest BCUT2D eigenvalue weighted by Gasteiger charge is -2.13. The standard InChI is InChI=1S/C18H18N2O4/c1-22-15-8-11(9-16(23-2)18(15)24-3)14(21)10-17-19-12-6-4-5-7-13(12)20-17/h4-10,21H,1-3H3,(H,19,20)/b14-10-. The number of aromatic nitrogens is 2. The number of fused-ring (bicyclic) bond motifs is 1. The molecule has 0 aliphatic heterocycles. The first-order valence-electron chi connectivity index (χ1n) is 7.32. The minimum Gasteiger partial charge on any atom is -0.507 e. The highest BCUT2D eigenvalue weighted by Gasteiger charge is 2.15. The molecule has 0 aliphatic carbocycles. The van der Waals surface area contributed by atoms with Crippen molar-refractivity contribution < 1.29 is 19.3 Å². The highest BCUT2D eigenvalue weighted by Crippen LogP contribution is 2.39. The molecule has 3 rings (SSSR count). The van der Waals surface area contributed by atoms with Crippen molar-refractivity contribution in [2.24, 2.45) is 0 Å². The molecule has 0 radical (unpaired) electrons. The van der Waals surface area contributed by atoms with E-state index < -0.39 is 0 Å². The summed E-state index contributed by atoms with van der Waals surface area (Å²) in [7, 11) is 4.59. The predicted octanol–water partition coefficient (Wildman–Crippen LogP) is 3.64. The highest BCUT2D eigenvalue weighted by atomic mass is 16.5. The van der Waals surface area contributed by atoms with Gasteiger partial charge in [-0.1, -0.05) is 12.1 Å². The fourth-order valence-electron chi connectivity index (χ4n) is 2.48. The summed E-state index contributed by atoms with van der Waals surface area (Å²) in [5.41, 5.74) is 2.27. The van der Waals surface area contributed by atoms with Gasteiger partial charge >= 0.3 is 0 Å². The third-order valence-corrected chi connectivity index (χ3v) is 3.64. The Balaban J connectivity index is 2.03. The number of aliphatic hydroxyl groups excluding tert-OH is 1. The fraction of sp³-hybridized carbons (Fsp3) is 0.167. The van der Waals surface area contributed by atoms with E-state index in [1.165, 1.54) is 21.3 Å². The SMILES string of the molecule is COc1cc(/C(O)=C/c2nc3ccccc3[nH]2)cc(OC)c1OC. The van der Waals surface area contributed by atoms with Gasteiger partial charge in [0.1, 0.15) is 11.6 Å². The molecule has 1 heterocycles. The smallest absolute Gasteiger partial charge is 0.203 e. The number of imidazole rings is 1. The van der Waals surface area contributed by atoms with Crippen LogP contribution in [0.1, 0.15) is 11.4 Å². The topological polar surface area (TPSA) is 76.6 Å². The van der Waals surface area contributed by atoms with Gasteiger partial charge in [0, 0.05) is 11.6 Å². The van der Waals surface area contributed by atoms with Crippen LogP contribution in [0.5, 0.6) is 17.2 Å². The minimum atomic E-state index is 0.0355. The number of aliphatic hydroxyl groups is 1. The quantitative estimate of drug-likeness (QED) is 0.700. The molecule has 2 aromatic carbocycles. The Labute approximate surface area is 139 Å². The molecule has 0 fully saturated rings. The Kier molecular flexibility index (Phi) is 4.29. The lowest BCUT2D eigenvalue weighted by molar-refractivity contribution is 0.324. The maximum Gasteiger partial charge on any atom is 0.203 e. The van der Waals surface area contributed by atoms with Gasteiger partial charge in [0.05, 0.1) is 32.4 Å². The summed E-state index contributed by atoms with van der Waals surface area (Å²) >= 11 is 0. The molecule has 0 saturated carbocycles. The normalized spacial score (nSPS) is 11.5. The molecule has 0 unspecified atom stereocenters. The first-order valence-corrected chi connectivity index (χ1v) is 7.32. The van der Waals surface area contributed by atoms with E-state index in [0.717, 1.165) is 11.0 Å². The van der Waals surface area contributed by atoms with Gasteiger partial charge in [0.2, 0.25) is 5.75 Å². The molecule has 6 heteroatoms. The van der Waals surface area contributed by atoms with E-state index in [1.54, 1.807) is 18.2 Å². The van der Waals surface area contributed by atoms with E-state index in [0.29, 0.717) is 28.6 Å². The molecule has 0 saturated heterocycles. The van der Waals surface area contributed by atoms with Crippen LogP contribution in [0.25, 0.3) is 22.9 Å². The summed E-state index contributed by atoms with van der Waals surface area (Å²) < 4.78 is 15.9. The Hall–Kier alpha value is -3.15. The maximum absolute atomic E-state index is 10.5. The van der Waals surface area contributed by atoms with Crippen molar-refractivity contribution in [2.45, 2.75) is 0 Å². The van der Waals surface area contributed by atoms with Crippen LogP contribution in [0.3, 0.4) is 0 Å². The van der Waals surface area contributed by atoms with E-state index in [1.807, 2.05) is 24.3 Å². The molecule has 1 aromatic heterocycles. The van der Waals surface area contributed by atoms with Crippen molar-refractivity contribution in [3.8, 4) is 17.2 Å². The third kappa shape index (κ3) is 2.86. The average Bonchev–Trinajstić information content (AvgIpc) is 3.02. The van der Waals surface area contributed by atoms with Gasteiger partial charge in [-0.15, -0.1) is 0 Å². The van der Waals surface area contributed by atoms with Crippen molar-refractivity contribution in [2.75, 3.05) is 21.3 Å². The summed E-state index contributed by atoms with van der Waals surface area (Å²) in [4.78, 5) is 7.56. The van der Waals surface area contributed by atoms with E-state index >= 15 is 0 Å². The van der Waals surface area contributed by atoms with Gasteiger partial charge in [-0.25, -0.2) is 4.98 Å². The average molecular weight is 326 g/mol. The molecule has 0 spiro atoms. The van der Waals surface area contributed by atoms with Gasteiger partial charge in [0.15, 0.2) is 11.5 Å². The van der Waals surface area contributed by atoms with Crippen LogP contribution in [0, 0.1) is 0 Å². The summed E-state index contributed by atoms with van der Waals surface area (Å²) in [5, 5.41) is 10.5. The zero-order valence-electron chi connectivity index (χ0n) is 13.7. The zero-order valence-corrected chi connectivity index (χ0v) is 13.7. The summed E-state index contributed by atoms with van der Waals surface area (Å²) in [6.07, 6.45) is 1.56. The molecule has 2 N–H and O–H groups in total.